The van der Waals surface area contributed by atoms with Crippen LogP contribution in [-0.2, 0) is 9.63 Å². The molecule has 86 valence electrons. The highest BCUT2D eigenvalue weighted by Crippen LogP contribution is 2.17. The molecule has 7 heteroatoms. The van der Waals surface area contributed by atoms with E-state index >= 15 is 0 Å². The van der Waals surface area contributed by atoms with Gasteiger partial charge in [0.15, 0.2) is 0 Å². The maximum absolute atomic E-state index is 10.8. The Hall–Kier alpha value is -1.24. The Morgan fingerprint density at radius 1 is 1.60 bits per heavy atom. The minimum atomic E-state index is -1.14. The van der Waals surface area contributed by atoms with Gasteiger partial charge in [0.05, 0.1) is 6.21 Å². The third-order valence-electron chi connectivity index (χ3n) is 1.41. The van der Waals surface area contributed by atoms with Crippen molar-refractivity contribution in [2.24, 2.45) is 5.16 Å². The fourth-order valence-electron chi connectivity index (χ4n) is 0.434. The van der Waals surface area contributed by atoms with Crippen LogP contribution in [0.3, 0.4) is 0 Å². The van der Waals surface area contributed by atoms with Gasteiger partial charge >= 0.3 is 12.1 Å². The molecule has 0 unspecified atom stereocenters. The van der Waals surface area contributed by atoms with Gasteiger partial charge in [0.2, 0.25) is 0 Å². The predicted molar refractivity (Wildman–Crippen MR) is 58.2 cm³/mol. The zero-order chi connectivity index (χ0) is 11.9. The number of hydrogen-bond donors (Lipinski definition) is 2. The molecule has 0 spiro atoms. The van der Waals surface area contributed by atoms with Crippen molar-refractivity contribution >= 4 is 30.0 Å². The fraction of sp³-hybridized carbons (Fsp3) is 0.625. The van der Waals surface area contributed by atoms with Crippen LogP contribution in [0, 0.1) is 0 Å². The van der Waals surface area contributed by atoms with E-state index in [1.165, 1.54) is 6.21 Å². The molecule has 0 aliphatic rings. The Morgan fingerprint density at radius 3 is 2.67 bits per heavy atom. The van der Waals surface area contributed by atoms with Crippen LogP contribution >= 0.6 is 11.8 Å². The predicted octanol–water partition coefficient (Wildman–Crippen LogP) is 0.925. The smallest absolute Gasteiger partial charge is 0.433 e. The molecule has 0 aliphatic heterocycles. The van der Waals surface area contributed by atoms with Crippen molar-refractivity contribution in [2.45, 2.75) is 18.6 Å². The summed E-state index contributed by atoms with van der Waals surface area (Å²) < 4.78 is -0.229. The zero-order valence-electron chi connectivity index (χ0n) is 8.81. The first kappa shape index (κ1) is 13.8. The molecule has 15 heavy (non-hydrogen) atoms. The lowest BCUT2D eigenvalue weighted by molar-refractivity contribution is -0.135. The number of aliphatic carboxylic acids is 1. The summed E-state index contributed by atoms with van der Waals surface area (Å²) in [7, 11) is 0. The molecule has 0 heterocycles. The van der Waals surface area contributed by atoms with Gasteiger partial charge in [-0.1, -0.05) is 5.16 Å². The number of nitrogens with one attached hydrogen (secondary N) is 1. The van der Waals surface area contributed by atoms with Crippen LogP contribution in [0.4, 0.5) is 4.79 Å². The number of carboxylic acids is 1. The zero-order valence-corrected chi connectivity index (χ0v) is 9.63. The SMILES string of the molecule is CSC(C)(C)C=NOC(=O)NCC(=O)O. The van der Waals surface area contributed by atoms with E-state index in [-0.39, 0.29) is 4.75 Å². The number of carbonyl (C=O) groups excluding carboxylic acids is 1. The van der Waals surface area contributed by atoms with Crippen molar-refractivity contribution < 1.29 is 19.5 Å². The van der Waals surface area contributed by atoms with E-state index < -0.39 is 18.6 Å². The van der Waals surface area contributed by atoms with Crippen molar-refractivity contribution in [3.8, 4) is 0 Å². The maximum Gasteiger partial charge on any atom is 0.433 e. The summed E-state index contributed by atoms with van der Waals surface area (Å²) in [6, 6.07) is 0. The monoisotopic (exact) mass is 234 g/mol. The molecule has 0 aromatic carbocycles. The van der Waals surface area contributed by atoms with E-state index in [0.29, 0.717) is 0 Å². The molecule has 1 amide bonds. The molecule has 2 N–H and O–H groups in total. The van der Waals surface area contributed by atoms with E-state index in [0.717, 1.165) is 0 Å². The highest BCUT2D eigenvalue weighted by atomic mass is 32.2. The third-order valence-corrected chi connectivity index (χ3v) is 2.57. The summed E-state index contributed by atoms with van der Waals surface area (Å²) in [5.74, 6) is -1.14. The molecule has 0 aromatic heterocycles. The highest BCUT2D eigenvalue weighted by Gasteiger charge is 2.12. The lowest BCUT2D eigenvalue weighted by atomic mass is 10.2. The van der Waals surface area contributed by atoms with Crippen LogP contribution in [0.25, 0.3) is 0 Å². The number of rotatable bonds is 5. The van der Waals surface area contributed by atoms with Gasteiger partial charge in [0.1, 0.15) is 6.54 Å². The van der Waals surface area contributed by atoms with Crippen LogP contribution in [-0.4, -0.2) is 40.9 Å². The van der Waals surface area contributed by atoms with Gasteiger partial charge in [-0.3, -0.25) is 9.63 Å². The summed E-state index contributed by atoms with van der Waals surface area (Å²) in [4.78, 5) is 25.2. The average Bonchev–Trinajstić information content (AvgIpc) is 2.14. The molecule has 0 rings (SSSR count). The van der Waals surface area contributed by atoms with Gasteiger partial charge in [-0.25, -0.2) is 4.79 Å². The van der Waals surface area contributed by atoms with Gasteiger partial charge in [-0.2, -0.15) is 11.8 Å². The van der Waals surface area contributed by atoms with Crippen molar-refractivity contribution in [1.82, 2.24) is 5.32 Å². The molecular formula is C8H14N2O4S. The minimum absolute atomic E-state index is 0.229. The number of carboxylic acid groups (broad SMARTS) is 1. The van der Waals surface area contributed by atoms with Crippen LogP contribution in [0.15, 0.2) is 5.16 Å². The third kappa shape index (κ3) is 7.80. The number of carbonyl (C=O) groups is 2. The largest absolute Gasteiger partial charge is 0.480 e. The van der Waals surface area contributed by atoms with Crippen molar-refractivity contribution in [3.05, 3.63) is 0 Å². The lowest BCUT2D eigenvalue weighted by Crippen LogP contribution is -2.29. The van der Waals surface area contributed by atoms with Crippen LogP contribution in [0.2, 0.25) is 0 Å². The maximum atomic E-state index is 10.8. The Bertz CT molecular complexity index is 265. The molecule has 0 bridgehead atoms. The second-order valence-electron chi connectivity index (χ2n) is 3.17. The molecular weight excluding hydrogens is 220 g/mol. The number of amides is 1. The molecule has 0 saturated carbocycles. The van der Waals surface area contributed by atoms with Crippen LogP contribution < -0.4 is 5.32 Å². The summed E-state index contributed by atoms with van der Waals surface area (Å²) in [5.41, 5.74) is 0. The molecule has 0 radical (unpaired) electrons. The Kier molecular flexibility index (Phi) is 5.76. The van der Waals surface area contributed by atoms with Crippen molar-refractivity contribution in [3.63, 3.8) is 0 Å². The summed E-state index contributed by atoms with van der Waals surface area (Å²) in [6.07, 6.45) is 2.49. The van der Waals surface area contributed by atoms with Crippen LogP contribution in [0.5, 0.6) is 0 Å². The van der Waals surface area contributed by atoms with E-state index in [2.05, 4.69) is 9.99 Å². The second-order valence-corrected chi connectivity index (χ2v) is 4.63. The Morgan fingerprint density at radius 2 is 2.20 bits per heavy atom. The normalized spacial score (nSPS) is 11.4. The van der Waals surface area contributed by atoms with Gasteiger partial charge in [0, 0.05) is 4.75 Å². The standard InChI is InChI=1S/C8H14N2O4S/c1-8(2,15-3)5-10-14-7(13)9-4-6(11)12/h5H,4H2,1-3H3,(H,9,13)(H,11,12). The van der Waals surface area contributed by atoms with E-state index in [9.17, 15) is 9.59 Å². The fourth-order valence-corrected chi connectivity index (χ4v) is 0.582. The first-order valence-electron chi connectivity index (χ1n) is 4.13. The number of hydrogen-bond acceptors (Lipinski definition) is 5. The molecule has 0 atom stereocenters. The van der Waals surface area contributed by atoms with Crippen molar-refractivity contribution in [1.29, 1.82) is 0 Å². The number of thioether (sulfide) groups is 1. The first-order valence-corrected chi connectivity index (χ1v) is 5.36. The van der Waals surface area contributed by atoms with Crippen molar-refractivity contribution in [2.75, 3.05) is 12.8 Å². The first-order chi connectivity index (χ1) is 6.87. The molecule has 0 aromatic rings. The lowest BCUT2D eigenvalue weighted by Gasteiger charge is -2.13. The Balaban J connectivity index is 3.85. The summed E-state index contributed by atoms with van der Waals surface area (Å²) >= 11 is 1.54. The summed E-state index contributed by atoms with van der Waals surface area (Å²) in [6.45, 7) is 3.32. The molecule has 0 aliphatic carbocycles. The van der Waals surface area contributed by atoms with E-state index in [1.54, 1.807) is 11.8 Å². The second kappa shape index (κ2) is 6.28. The minimum Gasteiger partial charge on any atom is -0.480 e. The number of nitrogens with zero attached hydrogens (tertiary/aromatic N) is 1. The summed E-state index contributed by atoms with van der Waals surface area (Å²) in [5, 5.41) is 13.7. The quantitative estimate of drug-likeness (QED) is 0.419. The van der Waals surface area contributed by atoms with Gasteiger partial charge in [-0.05, 0) is 20.1 Å². The molecule has 0 saturated heterocycles. The van der Waals surface area contributed by atoms with Gasteiger partial charge in [-0.15, -0.1) is 0 Å². The number of oxime groups is 1. The van der Waals surface area contributed by atoms with E-state index in [1.807, 2.05) is 25.4 Å². The van der Waals surface area contributed by atoms with Crippen LogP contribution in [0.1, 0.15) is 13.8 Å². The molecule has 6 nitrogen and oxygen atoms in total. The van der Waals surface area contributed by atoms with Gasteiger partial charge in [0.25, 0.3) is 0 Å². The highest BCUT2D eigenvalue weighted by molar-refractivity contribution is 8.00. The average molecular weight is 234 g/mol. The molecule has 0 fully saturated rings. The Labute approximate surface area is 92.0 Å². The van der Waals surface area contributed by atoms with Gasteiger partial charge < -0.3 is 10.4 Å². The van der Waals surface area contributed by atoms with E-state index in [4.69, 9.17) is 5.11 Å². The topological polar surface area (TPSA) is 88.0 Å².